The summed E-state index contributed by atoms with van der Waals surface area (Å²) in [6.45, 7) is 1.76. The molecule has 1 aliphatic rings. The van der Waals surface area contributed by atoms with Crippen LogP contribution in [0.2, 0.25) is 0 Å². The number of nitrogens with one attached hydrogen (secondary N) is 2. The smallest absolute Gasteiger partial charge is 0.221 e. The van der Waals surface area contributed by atoms with Crippen molar-refractivity contribution >= 4 is 42.1 Å². The summed E-state index contributed by atoms with van der Waals surface area (Å²) in [6.07, 6.45) is 8.28. The molecular formula is C17H24Cl2N4OS. The molecule has 2 aromatic heterocycles. The number of amides is 1. The van der Waals surface area contributed by atoms with Crippen LogP contribution in [-0.4, -0.2) is 35.0 Å². The summed E-state index contributed by atoms with van der Waals surface area (Å²) in [5.74, 6) is 0.154. The molecule has 2 aromatic rings. The normalized spacial score (nSPS) is 15.9. The number of hydrogen-bond acceptors (Lipinski definition) is 5. The van der Waals surface area contributed by atoms with Crippen LogP contribution in [0.25, 0.3) is 11.3 Å². The Hall–Kier alpha value is -1.21. The molecule has 0 bridgehead atoms. The Balaban J connectivity index is 0.00000156. The summed E-state index contributed by atoms with van der Waals surface area (Å²) in [4.78, 5) is 20.5. The van der Waals surface area contributed by atoms with Gasteiger partial charge >= 0.3 is 0 Å². The van der Waals surface area contributed by atoms with Crippen LogP contribution in [0.4, 0.5) is 0 Å². The number of hydrogen-bond donors (Lipinski definition) is 2. The number of halogens is 2. The van der Waals surface area contributed by atoms with Gasteiger partial charge in [-0.05, 0) is 37.9 Å². The second-order valence-corrected chi connectivity index (χ2v) is 6.76. The third kappa shape index (κ3) is 6.90. The van der Waals surface area contributed by atoms with Crippen LogP contribution < -0.4 is 10.6 Å². The summed E-state index contributed by atoms with van der Waals surface area (Å²) < 4.78 is 0. The highest BCUT2D eigenvalue weighted by Crippen LogP contribution is 2.21. The van der Waals surface area contributed by atoms with Crippen molar-refractivity contribution < 1.29 is 4.79 Å². The van der Waals surface area contributed by atoms with Gasteiger partial charge in [0, 0.05) is 48.8 Å². The SMILES string of the molecule is Cl.Cl.O=C(CC1CCCN1)NCCCc1nc(-c2ccncc2)cs1. The minimum Gasteiger partial charge on any atom is -0.356 e. The fraction of sp³-hybridized carbons (Fsp3) is 0.471. The van der Waals surface area contributed by atoms with Gasteiger partial charge in [0.25, 0.3) is 0 Å². The first-order valence-electron chi connectivity index (χ1n) is 8.16. The monoisotopic (exact) mass is 402 g/mol. The predicted molar refractivity (Wildman–Crippen MR) is 107 cm³/mol. The van der Waals surface area contributed by atoms with E-state index in [-0.39, 0.29) is 30.7 Å². The molecule has 0 spiro atoms. The first-order valence-corrected chi connectivity index (χ1v) is 9.04. The van der Waals surface area contributed by atoms with Crippen LogP contribution in [0.1, 0.15) is 30.7 Å². The van der Waals surface area contributed by atoms with Crippen molar-refractivity contribution in [3.05, 3.63) is 34.9 Å². The zero-order valence-electron chi connectivity index (χ0n) is 13.9. The molecule has 1 aliphatic heterocycles. The third-order valence-corrected chi connectivity index (χ3v) is 4.92. The maximum atomic E-state index is 11.8. The van der Waals surface area contributed by atoms with Gasteiger partial charge in [0.1, 0.15) is 0 Å². The standard InChI is InChI=1S/C17H22N4OS.2ClH/c22-16(11-14-3-1-7-19-14)20-8-2-4-17-21-15(12-23-17)13-5-9-18-10-6-13;;/h5-6,9-10,12,14,19H,1-4,7-8,11H2,(H,20,22);2*1H. The first-order chi connectivity index (χ1) is 11.3. The van der Waals surface area contributed by atoms with Crippen LogP contribution in [0.3, 0.4) is 0 Å². The molecule has 0 radical (unpaired) electrons. The van der Waals surface area contributed by atoms with E-state index in [0.717, 1.165) is 48.6 Å². The van der Waals surface area contributed by atoms with E-state index in [1.165, 1.54) is 6.42 Å². The van der Waals surface area contributed by atoms with Crippen LogP contribution in [0, 0.1) is 0 Å². The van der Waals surface area contributed by atoms with Crippen LogP contribution in [0.15, 0.2) is 29.9 Å². The number of carbonyl (C=O) groups excluding carboxylic acids is 1. The Morgan fingerprint density at radius 2 is 2.12 bits per heavy atom. The highest BCUT2D eigenvalue weighted by Gasteiger charge is 2.17. The Bertz CT molecular complexity index is 633. The number of nitrogens with zero attached hydrogens (tertiary/aromatic N) is 2. The van der Waals surface area contributed by atoms with E-state index in [9.17, 15) is 4.79 Å². The van der Waals surface area contributed by atoms with Gasteiger partial charge in [0.15, 0.2) is 0 Å². The molecule has 0 aliphatic carbocycles. The average molecular weight is 403 g/mol. The number of carbonyl (C=O) groups is 1. The van der Waals surface area contributed by atoms with Crippen molar-refractivity contribution in [1.29, 1.82) is 0 Å². The van der Waals surface area contributed by atoms with Gasteiger partial charge in [-0.2, -0.15) is 0 Å². The average Bonchev–Trinajstić information content (AvgIpc) is 3.24. The lowest BCUT2D eigenvalue weighted by atomic mass is 10.1. The van der Waals surface area contributed by atoms with Crippen LogP contribution in [-0.2, 0) is 11.2 Å². The molecule has 1 saturated heterocycles. The van der Waals surface area contributed by atoms with Crippen molar-refractivity contribution in [2.75, 3.05) is 13.1 Å². The van der Waals surface area contributed by atoms with Crippen molar-refractivity contribution in [3.8, 4) is 11.3 Å². The molecule has 3 heterocycles. The topological polar surface area (TPSA) is 66.9 Å². The Morgan fingerprint density at radius 1 is 1.32 bits per heavy atom. The Kier molecular flexibility index (Phi) is 9.97. The van der Waals surface area contributed by atoms with E-state index in [4.69, 9.17) is 0 Å². The van der Waals surface area contributed by atoms with E-state index in [1.807, 2.05) is 12.1 Å². The molecule has 1 unspecified atom stereocenters. The Morgan fingerprint density at radius 3 is 2.84 bits per heavy atom. The second kappa shape index (κ2) is 11.4. The van der Waals surface area contributed by atoms with Crippen molar-refractivity contribution in [2.45, 2.75) is 38.1 Å². The maximum Gasteiger partial charge on any atom is 0.221 e. The lowest BCUT2D eigenvalue weighted by molar-refractivity contribution is -0.121. The number of thiazole rings is 1. The van der Waals surface area contributed by atoms with Crippen LogP contribution >= 0.6 is 36.2 Å². The van der Waals surface area contributed by atoms with Gasteiger partial charge in [-0.25, -0.2) is 4.98 Å². The molecule has 1 atom stereocenters. The summed E-state index contributed by atoms with van der Waals surface area (Å²) in [5, 5.41) is 9.55. The number of rotatable bonds is 7. The van der Waals surface area contributed by atoms with Gasteiger partial charge in [0.05, 0.1) is 10.7 Å². The minimum atomic E-state index is 0. The molecule has 0 aromatic carbocycles. The molecule has 25 heavy (non-hydrogen) atoms. The molecule has 8 heteroatoms. The maximum absolute atomic E-state index is 11.8. The van der Waals surface area contributed by atoms with Crippen molar-refractivity contribution in [3.63, 3.8) is 0 Å². The predicted octanol–water partition coefficient (Wildman–Crippen LogP) is 3.24. The van der Waals surface area contributed by atoms with E-state index in [2.05, 4.69) is 26.0 Å². The largest absolute Gasteiger partial charge is 0.356 e. The molecule has 2 N–H and O–H groups in total. The number of aromatic nitrogens is 2. The first kappa shape index (κ1) is 21.8. The Labute approximate surface area is 164 Å². The lowest BCUT2D eigenvalue weighted by Gasteiger charge is -2.09. The molecule has 3 rings (SSSR count). The van der Waals surface area contributed by atoms with Crippen molar-refractivity contribution in [2.24, 2.45) is 0 Å². The highest BCUT2D eigenvalue weighted by atomic mass is 35.5. The molecule has 1 fully saturated rings. The van der Waals surface area contributed by atoms with Gasteiger partial charge < -0.3 is 10.6 Å². The summed E-state index contributed by atoms with van der Waals surface area (Å²) in [6, 6.07) is 4.31. The fourth-order valence-corrected chi connectivity index (χ4v) is 3.62. The molecule has 138 valence electrons. The van der Waals surface area contributed by atoms with Gasteiger partial charge in [0.2, 0.25) is 5.91 Å². The lowest BCUT2D eigenvalue weighted by Crippen LogP contribution is -2.32. The van der Waals surface area contributed by atoms with E-state index in [1.54, 1.807) is 23.7 Å². The quantitative estimate of drug-likeness (QED) is 0.697. The van der Waals surface area contributed by atoms with E-state index in [0.29, 0.717) is 12.5 Å². The number of pyridine rings is 1. The van der Waals surface area contributed by atoms with Crippen molar-refractivity contribution in [1.82, 2.24) is 20.6 Å². The highest BCUT2D eigenvalue weighted by molar-refractivity contribution is 7.09. The zero-order chi connectivity index (χ0) is 15.9. The zero-order valence-corrected chi connectivity index (χ0v) is 16.4. The number of aryl methyl sites for hydroxylation is 1. The third-order valence-electron chi connectivity index (χ3n) is 4.01. The van der Waals surface area contributed by atoms with Gasteiger partial charge in [-0.3, -0.25) is 9.78 Å². The summed E-state index contributed by atoms with van der Waals surface area (Å²) in [7, 11) is 0. The summed E-state index contributed by atoms with van der Waals surface area (Å²) >= 11 is 1.68. The van der Waals surface area contributed by atoms with Gasteiger partial charge in [-0.15, -0.1) is 36.2 Å². The van der Waals surface area contributed by atoms with Gasteiger partial charge in [-0.1, -0.05) is 0 Å². The van der Waals surface area contributed by atoms with E-state index < -0.39 is 0 Å². The molecular weight excluding hydrogens is 379 g/mol. The minimum absolute atomic E-state index is 0. The summed E-state index contributed by atoms with van der Waals surface area (Å²) in [5.41, 5.74) is 2.10. The molecule has 5 nitrogen and oxygen atoms in total. The van der Waals surface area contributed by atoms with E-state index >= 15 is 0 Å². The van der Waals surface area contributed by atoms with Crippen LogP contribution in [0.5, 0.6) is 0 Å². The molecule has 0 saturated carbocycles. The molecule has 1 amide bonds. The second-order valence-electron chi connectivity index (χ2n) is 5.81. The fourth-order valence-electron chi connectivity index (χ4n) is 2.78.